The molecule has 0 bridgehead atoms. The van der Waals surface area contributed by atoms with Gasteiger partial charge in [0.05, 0.1) is 94.6 Å². The lowest BCUT2D eigenvalue weighted by atomic mass is 9.81. The van der Waals surface area contributed by atoms with Gasteiger partial charge in [-0.15, -0.1) is 0 Å². The van der Waals surface area contributed by atoms with Crippen molar-refractivity contribution >= 4 is 35.1 Å². The third-order valence-electron chi connectivity index (χ3n) is 22.8. The van der Waals surface area contributed by atoms with E-state index in [2.05, 4.69) is 0 Å². The Hall–Kier alpha value is -4.72. The molecule has 0 radical (unpaired) electrons. The third kappa shape index (κ3) is 15.3. The van der Waals surface area contributed by atoms with Gasteiger partial charge in [0.25, 0.3) is 11.5 Å². The van der Waals surface area contributed by atoms with Crippen LogP contribution in [0.1, 0.15) is 94.0 Å². The van der Waals surface area contributed by atoms with Gasteiger partial charge in [-0.05, 0) is 54.0 Å². The van der Waals surface area contributed by atoms with Crippen LogP contribution in [0.5, 0.6) is 28.7 Å². The Balaban J connectivity index is 0.655. The zero-order valence-corrected chi connectivity index (χ0v) is 64.5. The van der Waals surface area contributed by atoms with Crippen LogP contribution in [0.3, 0.4) is 0 Å². The number of rotatable bonds is 21. The van der Waals surface area contributed by atoms with Crippen molar-refractivity contribution < 1.29 is 179 Å². The van der Waals surface area contributed by atoms with Crippen LogP contribution in [0.4, 0.5) is 0 Å². The van der Waals surface area contributed by atoms with Gasteiger partial charge < -0.3 is 164 Å². The number of hydrogen-bond donors (Lipinski definition) is 8. The smallest absolute Gasteiger partial charge is 0.346 e. The van der Waals surface area contributed by atoms with Crippen LogP contribution in [-0.2, 0) is 114 Å². The second-order valence-corrected chi connectivity index (χ2v) is 30.6. The van der Waals surface area contributed by atoms with Gasteiger partial charge in [0.1, 0.15) is 131 Å². The minimum Gasteiger partial charge on any atom is -0.508 e. The molecule has 41 heteroatoms. The maximum absolute atomic E-state index is 14.4. The van der Waals surface area contributed by atoms with E-state index >= 15 is 0 Å². The molecule has 0 unspecified atom stereocenters. The van der Waals surface area contributed by atoms with Crippen molar-refractivity contribution in [2.24, 2.45) is 5.92 Å². The number of esters is 2. The standard InChI is InChI=1S/C70H97Cl2NO38/c1-24-40(54(89-12)44(72)45(77)43(24)71)61(82)103-49-26(3)96-34(17-35(49)100-39-19-67(7,73(84)85)58(91-14)28(5)97-39)41-25(2)107-69(18-32(41)76)110-59-29(6)99-66(57(81)68(59,8)111-69)105-55-48(80)64(98-27(4)50(55)88-11)104-51-36(20-86-9)102-65(56(90-13)46(51)78)106-63-47(79)52-38(21-92-63)108-70(109-52)60-53(93-23-94-60)37(22-95-70)101-62(83)42-31(75)15-30(74)16-33(42)87-10/h15-16,25-29,32,34-39,41,46-53,55-60,63-66,74-81H,17-23H2,1-14H3/t25-,26-,27-,28+,29-,32-,34-,35-,36-,37-,38+,39+,41+,46+,47-,48-,49-,50+,51-,52-,53+,55-,56+,57-,58+,59-,60-,63+,64+,65+,66+,67-,68-,69-,70-/m1/s1/i9+2,11+2. The SMILES string of the molecule is COc1cc(O)cc(O)c1C(=O)O[C@@H]1CO[C@]2(O[C@H]3[C@@H](O)[C@H](O[C@@H]4O[C@H](CO[14CH3])[C@@H](O[C@@H]5O[C@H](C)[C@H](O[14CH3])[C@H](O[C@@H]6O[C@H](C)[C@H]7O[C@]8(C[C@@H](O)[C@@H]([C@H]9C[C@@H](O[C@H]%10C[C@@](C)([N+](=O)[O-])[C@@H](OC)[C@H](C)O%10)[C@H](OC(=O)c%10c(C)c(Cl)c(O)c(Cl)c%10OC)[C@@H](C)O9)[C@@H](C)O8)O[C@]7(C)[C@@H]6O)[C@H]5O)[C@H](O)[C@@H]4OC)OC[C@@H]3O2)[C@@H]2OCO[C@H]21. The van der Waals surface area contributed by atoms with Gasteiger partial charge >= 0.3 is 17.9 Å². The molecule has 0 aliphatic carbocycles. The molecular formula is C70H97Cl2NO38. The van der Waals surface area contributed by atoms with Gasteiger partial charge in [-0.2, -0.15) is 0 Å². The second-order valence-electron chi connectivity index (χ2n) is 29.8. The fourth-order valence-electron chi connectivity index (χ4n) is 17.4. The number of carbonyl (C=O) groups excluding carboxylic acids is 2. The summed E-state index contributed by atoms with van der Waals surface area (Å²) in [5, 5.41) is 105. The Morgan fingerprint density at radius 1 is 0.649 bits per heavy atom. The number of benzene rings is 2. The molecule has 0 aromatic heterocycles. The number of phenols is 3. The van der Waals surface area contributed by atoms with Crippen molar-refractivity contribution in [1.29, 1.82) is 0 Å². The van der Waals surface area contributed by atoms with Gasteiger partial charge in [0.15, 0.2) is 67.4 Å². The van der Waals surface area contributed by atoms with Crippen molar-refractivity contribution in [2.45, 2.75) is 282 Å². The first-order chi connectivity index (χ1) is 52.6. The average molecular weight is 1640 g/mol. The average Bonchev–Trinajstić information content (AvgIpc) is 1.54. The molecule has 2 spiro atoms. The summed E-state index contributed by atoms with van der Waals surface area (Å²) in [5.41, 5.74) is -3.96. The van der Waals surface area contributed by atoms with Crippen LogP contribution in [-0.4, -0.2) is 334 Å². The molecule has 11 aliphatic rings. The number of aromatic hydroxyl groups is 3. The zero-order valence-electron chi connectivity index (χ0n) is 63.0. The number of nitro groups is 1. The fourth-order valence-corrected chi connectivity index (χ4v) is 17.9. The van der Waals surface area contributed by atoms with E-state index < -0.39 is 241 Å². The number of halogens is 2. The van der Waals surface area contributed by atoms with Gasteiger partial charge in [0, 0.05) is 64.8 Å². The first kappa shape index (κ1) is 84.2. The number of aliphatic hydroxyl groups is 5. The highest BCUT2D eigenvalue weighted by molar-refractivity contribution is 6.39. The lowest BCUT2D eigenvalue weighted by molar-refractivity contribution is -0.595. The van der Waals surface area contributed by atoms with Crippen LogP contribution in [0.25, 0.3) is 0 Å². The van der Waals surface area contributed by atoms with E-state index in [0.29, 0.717) is 0 Å². The van der Waals surface area contributed by atoms with E-state index in [0.717, 1.165) is 12.1 Å². The predicted octanol–water partition coefficient (Wildman–Crippen LogP) is 1.24. The highest BCUT2D eigenvalue weighted by Gasteiger charge is 2.71. The van der Waals surface area contributed by atoms with Gasteiger partial charge in [-0.25, -0.2) is 9.59 Å². The molecule has 0 saturated carbocycles. The summed E-state index contributed by atoms with van der Waals surface area (Å²) in [4.78, 5) is 40.1. The number of phenolic OH excluding ortho intramolecular Hbond substituents is 3. The molecule has 2 aromatic rings. The number of hydrogen-bond acceptors (Lipinski definition) is 38. The van der Waals surface area contributed by atoms with E-state index in [1.807, 2.05) is 0 Å². The Morgan fingerprint density at radius 3 is 2.04 bits per heavy atom. The molecule has 11 saturated heterocycles. The Morgan fingerprint density at radius 2 is 1.36 bits per heavy atom. The summed E-state index contributed by atoms with van der Waals surface area (Å²) in [6.45, 7) is 11.3. The number of fused-ring (bicyclic) bond motifs is 4. The maximum atomic E-state index is 14.4. The topological polar surface area (TPSA) is 479 Å². The molecule has 111 heavy (non-hydrogen) atoms. The summed E-state index contributed by atoms with van der Waals surface area (Å²) in [7, 11) is 7.77. The highest BCUT2D eigenvalue weighted by Crippen LogP contribution is 2.54. The monoisotopic (exact) mass is 1630 g/mol. The lowest BCUT2D eigenvalue weighted by Gasteiger charge is -2.50. The molecule has 11 fully saturated rings. The fraction of sp³-hybridized carbons (Fsp3) is 0.800. The number of methoxy groups -OCH3 is 6. The molecule has 0 amide bonds. The molecule has 2 aromatic carbocycles. The highest BCUT2D eigenvalue weighted by atomic mass is 35.5. The van der Waals surface area contributed by atoms with Crippen LogP contribution < -0.4 is 9.47 Å². The van der Waals surface area contributed by atoms with Crippen molar-refractivity contribution in [3.63, 3.8) is 0 Å². The van der Waals surface area contributed by atoms with Gasteiger partial charge in [-0.3, -0.25) is 10.1 Å². The molecule has 13 rings (SSSR count). The summed E-state index contributed by atoms with van der Waals surface area (Å²) < 4.78 is 159. The molecule has 35 atom stereocenters. The molecule has 39 nitrogen and oxygen atoms in total. The van der Waals surface area contributed by atoms with E-state index in [1.165, 1.54) is 56.5 Å². The van der Waals surface area contributed by atoms with E-state index in [-0.39, 0.29) is 89.9 Å². The normalized spacial score (nSPS) is 45.6. The Bertz CT molecular complexity index is 3650. The van der Waals surface area contributed by atoms with E-state index in [4.69, 9.17) is 146 Å². The van der Waals surface area contributed by atoms with Gasteiger partial charge in [0.2, 0.25) is 0 Å². The largest absolute Gasteiger partial charge is 0.508 e. The minimum absolute atomic E-state index is 0.0752. The minimum atomic E-state index is -2.05. The molecule has 11 aliphatic heterocycles. The van der Waals surface area contributed by atoms with Crippen molar-refractivity contribution in [2.75, 3.05) is 69.3 Å². The second kappa shape index (κ2) is 33.0. The summed E-state index contributed by atoms with van der Waals surface area (Å²) in [5.74, 6) is -8.93. The summed E-state index contributed by atoms with van der Waals surface area (Å²) in [6, 6.07) is 2.06. The van der Waals surface area contributed by atoms with E-state index in [1.54, 1.807) is 41.5 Å². The molecular weight excluding hydrogens is 1540 g/mol. The summed E-state index contributed by atoms with van der Waals surface area (Å²) in [6.07, 6.45) is -39.2. The molecule has 11 heterocycles. The maximum Gasteiger partial charge on any atom is 0.346 e. The van der Waals surface area contributed by atoms with Crippen LogP contribution >= 0.6 is 23.2 Å². The lowest BCUT2D eigenvalue weighted by Crippen LogP contribution is -2.68. The third-order valence-corrected chi connectivity index (χ3v) is 23.6. The van der Waals surface area contributed by atoms with Crippen LogP contribution in [0.2, 0.25) is 10.0 Å². The number of aliphatic hydroxyl groups excluding tert-OH is 5. The summed E-state index contributed by atoms with van der Waals surface area (Å²) >= 11 is 12.8. The van der Waals surface area contributed by atoms with Crippen molar-refractivity contribution in [1.82, 2.24) is 0 Å². The number of ether oxygens (including phenoxy) is 26. The van der Waals surface area contributed by atoms with Crippen molar-refractivity contribution in [3.05, 3.63) is 49.0 Å². The number of nitrogens with zero attached hydrogens (tertiary/aromatic N) is 1. The van der Waals surface area contributed by atoms with Gasteiger partial charge in [-0.1, -0.05) is 23.2 Å². The molecule has 624 valence electrons. The van der Waals surface area contributed by atoms with Crippen molar-refractivity contribution in [3.8, 4) is 28.7 Å². The number of carbonyl (C=O) groups is 2. The Kier molecular flexibility index (Phi) is 25.0. The Labute approximate surface area is 645 Å². The van der Waals surface area contributed by atoms with Crippen LogP contribution in [0, 0.1) is 23.0 Å². The predicted molar refractivity (Wildman–Crippen MR) is 363 cm³/mol. The van der Waals surface area contributed by atoms with Crippen LogP contribution in [0.15, 0.2) is 12.1 Å². The zero-order chi connectivity index (χ0) is 80.2. The quantitative estimate of drug-likeness (QED) is 0.0495. The molecule has 8 N–H and O–H groups in total. The van der Waals surface area contributed by atoms with E-state index in [9.17, 15) is 60.6 Å². The first-order valence-electron chi connectivity index (χ1n) is 36.3. The first-order valence-corrected chi connectivity index (χ1v) is 37.1.